The summed E-state index contributed by atoms with van der Waals surface area (Å²) in [4.78, 5) is 30.8. The minimum absolute atomic E-state index is 0.0269. The van der Waals surface area contributed by atoms with E-state index in [-0.39, 0.29) is 11.2 Å². The summed E-state index contributed by atoms with van der Waals surface area (Å²) >= 11 is 0. The van der Waals surface area contributed by atoms with Gasteiger partial charge in [-0.3, -0.25) is 14.3 Å². The summed E-state index contributed by atoms with van der Waals surface area (Å²) in [5.74, 6) is 0. The average Bonchev–Trinajstić information content (AvgIpc) is 2.51. The first-order valence-corrected chi connectivity index (χ1v) is 4.61. The maximum atomic E-state index is 12.1. The lowest BCUT2D eigenvalue weighted by molar-refractivity contribution is -0.136. The molecule has 0 saturated carbocycles. The fourth-order valence-electron chi connectivity index (χ4n) is 1.46. The first kappa shape index (κ1) is 11.4. The summed E-state index contributed by atoms with van der Waals surface area (Å²) in [6.45, 7) is -0.614. The Kier molecular flexibility index (Phi) is 2.52. The number of nitrogens with one attached hydrogen (secondary N) is 2. The van der Waals surface area contributed by atoms with Crippen LogP contribution in [0, 0.1) is 0 Å². The van der Waals surface area contributed by atoms with Crippen molar-refractivity contribution >= 4 is 11.2 Å². The van der Waals surface area contributed by atoms with E-state index < -0.39 is 30.4 Å². The van der Waals surface area contributed by atoms with Gasteiger partial charge in [-0.05, 0) is 0 Å². The van der Waals surface area contributed by atoms with Gasteiger partial charge < -0.3 is 4.98 Å². The third-order valence-corrected chi connectivity index (χ3v) is 2.19. The Labute approximate surface area is 91.1 Å². The van der Waals surface area contributed by atoms with Gasteiger partial charge in [-0.1, -0.05) is 0 Å². The fraction of sp³-hybridized carbons (Fsp3) is 0.375. The van der Waals surface area contributed by atoms with Crippen LogP contribution in [0.2, 0.25) is 0 Å². The molecule has 0 fully saturated rings. The highest BCUT2D eigenvalue weighted by Crippen LogP contribution is 2.20. The molecule has 0 aliphatic heterocycles. The Balaban J connectivity index is 2.50. The van der Waals surface area contributed by atoms with Crippen molar-refractivity contribution < 1.29 is 13.2 Å². The number of imidazole rings is 1. The van der Waals surface area contributed by atoms with Crippen LogP contribution in [0.5, 0.6) is 0 Å². The van der Waals surface area contributed by atoms with Gasteiger partial charge >= 0.3 is 11.9 Å². The second-order valence-electron chi connectivity index (χ2n) is 3.38. The van der Waals surface area contributed by atoms with Gasteiger partial charge in [0.25, 0.3) is 5.56 Å². The van der Waals surface area contributed by atoms with Crippen molar-refractivity contribution in [2.24, 2.45) is 0 Å². The third-order valence-electron chi connectivity index (χ3n) is 2.19. The van der Waals surface area contributed by atoms with E-state index in [1.165, 1.54) is 0 Å². The van der Waals surface area contributed by atoms with Crippen LogP contribution in [0.25, 0.3) is 11.2 Å². The molecule has 0 atom stereocenters. The van der Waals surface area contributed by atoms with E-state index in [2.05, 4.69) is 15.0 Å². The molecule has 2 N–H and O–H groups in total. The van der Waals surface area contributed by atoms with E-state index in [0.717, 1.165) is 10.9 Å². The molecule has 0 bridgehead atoms. The van der Waals surface area contributed by atoms with E-state index in [1.807, 2.05) is 0 Å². The molecule has 0 spiro atoms. The number of hydrogen-bond acceptors (Lipinski definition) is 3. The lowest BCUT2D eigenvalue weighted by Gasteiger charge is -2.06. The molecule has 0 aromatic carbocycles. The van der Waals surface area contributed by atoms with Gasteiger partial charge in [0.15, 0.2) is 11.2 Å². The highest BCUT2D eigenvalue weighted by atomic mass is 19.4. The van der Waals surface area contributed by atoms with Crippen LogP contribution in [-0.2, 0) is 6.54 Å². The molecule has 2 rings (SSSR count). The van der Waals surface area contributed by atoms with Crippen molar-refractivity contribution in [2.75, 3.05) is 0 Å². The van der Waals surface area contributed by atoms with Crippen molar-refractivity contribution in [2.45, 2.75) is 19.1 Å². The minimum Gasteiger partial charge on any atom is -0.311 e. The van der Waals surface area contributed by atoms with Crippen LogP contribution in [0.15, 0.2) is 15.9 Å². The molecule has 2 aromatic heterocycles. The fourth-order valence-corrected chi connectivity index (χ4v) is 1.46. The summed E-state index contributed by atoms with van der Waals surface area (Å²) in [6, 6.07) is 0. The predicted molar refractivity (Wildman–Crippen MR) is 51.6 cm³/mol. The highest BCUT2D eigenvalue weighted by Gasteiger charge is 2.27. The second kappa shape index (κ2) is 3.75. The van der Waals surface area contributed by atoms with Crippen LogP contribution in [0.3, 0.4) is 0 Å². The maximum Gasteiger partial charge on any atom is 0.390 e. The zero-order valence-corrected chi connectivity index (χ0v) is 8.34. The molecule has 0 amide bonds. The molecule has 0 aliphatic rings. The number of halogens is 3. The molecule has 6 nitrogen and oxygen atoms in total. The largest absolute Gasteiger partial charge is 0.390 e. The molecule has 9 heteroatoms. The maximum absolute atomic E-state index is 12.1. The first-order valence-electron chi connectivity index (χ1n) is 4.61. The number of alkyl halides is 3. The van der Waals surface area contributed by atoms with Crippen molar-refractivity contribution in [1.29, 1.82) is 0 Å². The monoisotopic (exact) mass is 248 g/mol. The first-order chi connectivity index (χ1) is 7.88. The van der Waals surface area contributed by atoms with E-state index in [4.69, 9.17) is 0 Å². The van der Waals surface area contributed by atoms with Crippen molar-refractivity contribution in [3.63, 3.8) is 0 Å². The number of hydrogen-bond donors (Lipinski definition) is 2. The Morgan fingerprint density at radius 1 is 1.35 bits per heavy atom. The number of H-pyrrole nitrogens is 2. The lowest BCUT2D eigenvalue weighted by Crippen LogP contribution is -2.23. The lowest BCUT2D eigenvalue weighted by atomic mass is 10.4. The van der Waals surface area contributed by atoms with Crippen molar-refractivity contribution in [3.05, 3.63) is 27.2 Å². The molecule has 17 heavy (non-hydrogen) atoms. The van der Waals surface area contributed by atoms with E-state index in [1.54, 1.807) is 0 Å². The quantitative estimate of drug-likeness (QED) is 0.805. The van der Waals surface area contributed by atoms with E-state index >= 15 is 0 Å². The standard InChI is InChI=1S/C8H7F3N4O2/c9-8(10,11)1-2-15-4-5(14-7(15)17)12-3-13-6(4)16/h3H,1-2H2,(H2,12,13,14,16,17). The topological polar surface area (TPSA) is 83.5 Å². The number of fused-ring (bicyclic) bond motifs is 1. The predicted octanol–water partition coefficient (Wildman–Crippen LogP) is 0.365. The third kappa shape index (κ3) is 2.22. The van der Waals surface area contributed by atoms with Gasteiger partial charge in [-0.25, -0.2) is 9.78 Å². The molecular formula is C8H7F3N4O2. The van der Waals surface area contributed by atoms with Crippen molar-refractivity contribution in [3.8, 4) is 0 Å². The van der Waals surface area contributed by atoms with Gasteiger partial charge in [0.2, 0.25) is 0 Å². The van der Waals surface area contributed by atoms with Gasteiger partial charge in [0.1, 0.15) is 0 Å². The number of nitrogens with zero attached hydrogens (tertiary/aromatic N) is 2. The molecular weight excluding hydrogens is 241 g/mol. The summed E-state index contributed by atoms with van der Waals surface area (Å²) in [5, 5.41) is 0. The minimum atomic E-state index is -4.39. The molecule has 2 heterocycles. The van der Waals surface area contributed by atoms with Crippen LogP contribution >= 0.6 is 0 Å². The second-order valence-corrected chi connectivity index (χ2v) is 3.38. The summed E-state index contributed by atoms with van der Waals surface area (Å²) in [6.07, 6.45) is -4.51. The molecule has 0 radical (unpaired) electrons. The molecule has 0 aliphatic carbocycles. The Morgan fingerprint density at radius 3 is 2.71 bits per heavy atom. The van der Waals surface area contributed by atoms with Crippen LogP contribution < -0.4 is 11.2 Å². The Bertz CT molecular complexity index is 651. The summed E-state index contributed by atoms with van der Waals surface area (Å²) < 4.78 is 36.9. The number of rotatable bonds is 2. The highest BCUT2D eigenvalue weighted by molar-refractivity contribution is 5.68. The zero-order valence-electron chi connectivity index (χ0n) is 8.34. The molecule has 0 saturated heterocycles. The normalized spacial score (nSPS) is 12.2. The average molecular weight is 248 g/mol. The Morgan fingerprint density at radius 2 is 2.06 bits per heavy atom. The number of aryl methyl sites for hydroxylation is 1. The number of aromatic amines is 2. The van der Waals surface area contributed by atoms with Gasteiger partial charge in [0, 0.05) is 6.54 Å². The molecule has 0 unspecified atom stereocenters. The van der Waals surface area contributed by atoms with Gasteiger partial charge in [-0.2, -0.15) is 13.2 Å². The summed E-state index contributed by atoms with van der Waals surface area (Å²) in [7, 11) is 0. The SMILES string of the molecule is O=c1[nH]cnc2[nH]c(=O)n(CCC(F)(F)F)c12. The van der Waals surface area contributed by atoms with Crippen LogP contribution in [0.4, 0.5) is 13.2 Å². The summed E-state index contributed by atoms with van der Waals surface area (Å²) in [5.41, 5.74) is -1.65. The zero-order chi connectivity index (χ0) is 12.6. The van der Waals surface area contributed by atoms with Crippen molar-refractivity contribution in [1.82, 2.24) is 19.5 Å². The smallest absolute Gasteiger partial charge is 0.311 e. The Hall–Kier alpha value is -2.06. The number of aromatic nitrogens is 4. The van der Waals surface area contributed by atoms with E-state index in [9.17, 15) is 22.8 Å². The van der Waals surface area contributed by atoms with Gasteiger partial charge in [-0.15, -0.1) is 0 Å². The molecule has 2 aromatic rings. The van der Waals surface area contributed by atoms with E-state index in [0.29, 0.717) is 0 Å². The molecule has 92 valence electrons. The van der Waals surface area contributed by atoms with Crippen LogP contribution in [0.1, 0.15) is 6.42 Å². The van der Waals surface area contributed by atoms with Crippen LogP contribution in [-0.4, -0.2) is 25.7 Å². The van der Waals surface area contributed by atoms with Gasteiger partial charge in [0.05, 0.1) is 12.7 Å².